The second-order valence-electron chi connectivity index (χ2n) is 4.39. The van der Waals surface area contributed by atoms with Crippen molar-refractivity contribution in [3.63, 3.8) is 0 Å². The minimum Gasteiger partial charge on any atom is -0.494 e. The van der Waals surface area contributed by atoms with Crippen LogP contribution in [0.5, 0.6) is 11.5 Å². The summed E-state index contributed by atoms with van der Waals surface area (Å²) in [5.41, 5.74) is 0. The van der Waals surface area contributed by atoms with Crippen molar-refractivity contribution < 1.29 is 19.4 Å². The normalized spacial score (nSPS) is 11.9. The molecule has 0 spiro atoms. The molecule has 1 rings (SSSR count). The van der Waals surface area contributed by atoms with E-state index in [0.29, 0.717) is 31.9 Å². The summed E-state index contributed by atoms with van der Waals surface area (Å²) in [6.45, 7) is 5.57. The van der Waals surface area contributed by atoms with Gasteiger partial charge in [0.15, 0.2) is 0 Å². The molecule has 2 N–H and O–H groups in total. The third kappa shape index (κ3) is 5.93. The molecule has 0 radical (unpaired) electrons. The third-order valence-corrected chi connectivity index (χ3v) is 2.73. The van der Waals surface area contributed by atoms with Gasteiger partial charge in [-0.2, -0.15) is 0 Å². The smallest absolute Gasteiger partial charge is 0.320 e. The van der Waals surface area contributed by atoms with Crippen LogP contribution in [0.15, 0.2) is 24.3 Å². The van der Waals surface area contributed by atoms with E-state index in [2.05, 4.69) is 5.32 Å². The van der Waals surface area contributed by atoms with E-state index in [4.69, 9.17) is 14.6 Å². The number of ether oxygens (including phenoxy) is 2. The van der Waals surface area contributed by atoms with Crippen LogP contribution in [-0.2, 0) is 4.79 Å². The first-order valence-corrected chi connectivity index (χ1v) is 6.99. The van der Waals surface area contributed by atoms with Crippen LogP contribution in [0.25, 0.3) is 0 Å². The minimum atomic E-state index is -0.842. The van der Waals surface area contributed by atoms with E-state index in [1.54, 1.807) is 6.07 Å². The molecule has 1 unspecified atom stereocenters. The highest BCUT2D eigenvalue weighted by atomic mass is 16.5. The lowest BCUT2D eigenvalue weighted by Crippen LogP contribution is -2.38. The molecule has 0 aliphatic heterocycles. The van der Waals surface area contributed by atoms with Crippen LogP contribution in [0.1, 0.15) is 26.7 Å². The number of aliphatic carboxylic acids is 1. The van der Waals surface area contributed by atoms with Crippen molar-refractivity contribution in [1.82, 2.24) is 5.32 Å². The Morgan fingerprint density at radius 2 is 2.00 bits per heavy atom. The molecule has 0 bridgehead atoms. The summed E-state index contributed by atoms with van der Waals surface area (Å²) >= 11 is 0. The number of hydrogen-bond donors (Lipinski definition) is 2. The fourth-order valence-corrected chi connectivity index (χ4v) is 1.75. The first-order valence-electron chi connectivity index (χ1n) is 6.99. The van der Waals surface area contributed by atoms with Gasteiger partial charge in [0, 0.05) is 12.5 Å². The highest BCUT2D eigenvalue weighted by Gasteiger charge is 2.15. The molecule has 5 heteroatoms. The third-order valence-electron chi connectivity index (χ3n) is 2.73. The minimum absolute atomic E-state index is 0.350. The fourth-order valence-electron chi connectivity index (χ4n) is 1.75. The Hall–Kier alpha value is -1.75. The summed E-state index contributed by atoms with van der Waals surface area (Å²) in [4.78, 5) is 11.0. The number of carboxylic acid groups (broad SMARTS) is 1. The van der Waals surface area contributed by atoms with E-state index in [1.165, 1.54) is 0 Å². The zero-order valence-electron chi connectivity index (χ0n) is 12.1. The Labute approximate surface area is 119 Å². The average Bonchev–Trinajstić information content (AvgIpc) is 2.43. The Morgan fingerprint density at radius 1 is 1.30 bits per heavy atom. The van der Waals surface area contributed by atoms with Crippen molar-refractivity contribution in [3.05, 3.63) is 24.3 Å². The van der Waals surface area contributed by atoms with Crippen molar-refractivity contribution >= 4 is 5.97 Å². The predicted molar refractivity (Wildman–Crippen MR) is 77.4 cm³/mol. The van der Waals surface area contributed by atoms with Gasteiger partial charge in [-0.25, -0.2) is 0 Å². The molecule has 5 nitrogen and oxygen atoms in total. The summed E-state index contributed by atoms with van der Waals surface area (Å²) in [6, 6.07) is 6.78. The van der Waals surface area contributed by atoms with E-state index in [1.807, 2.05) is 32.0 Å². The van der Waals surface area contributed by atoms with Crippen molar-refractivity contribution in [1.29, 1.82) is 0 Å². The van der Waals surface area contributed by atoms with Crippen LogP contribution in [-0.4, -0.2) is 36.9 Å². The molecule has 1 aromatic rings. The van der Waals surface area contributed by atoms with Gasteiger partial charge in [-0.15, -0.1) is 0 Å². The summed E-state index contributed by atoms with van der Waals surface area (Å²) < 4.78 is 10.9. The lowest BCUT2D eigenvalue weighted by atomic mass is 10.2. The maximum atomic E-state index is 11.0. The van der Waals surface area contributed by atoms with Gasteiger partial charge in [-0.05, 0) is 32.0 Å². The molecule has 112 valence electrons. The molecular weight excluding hydrogens is 258 g/mol. The zero-order valence-corrected chi connectivity index (χ0v) is 12.1. The van der Waals surface area contributed by atoms with Crippen LogP contribution >= 0.6 is 0 Å². The Bertz CT molecular complexity index is 409. The number of carbonyl (C=O) groups is 1. The van der Waals surface area contributed by atoms with Crippen LogP contribution in [0.4, 0.5) is 0 Å². The van der Waals surface area contributed by atoms with Gasteiger partial charge in [0.05, 0.1) is 13.2 Å². The largest absolute Gasteiger partial charge is 0.494 e. The van der Waals surface area contributed by atoms with E-state index >= 15 is 0 Å². The first-order chi connectivity index (χ1) is 9.67. The van der Waals surface area contributed by atoms with Crippen molar-refractivity contribution in [2.24, 2.45) is 0 Å². The molecule has 0 saturated carbocycles. The van der Waals surface area contributed by atoms with Crippen molar-refractivity contribution in [2.75, 3.05) is 19.8 Å². The van der Waals surface area contributed by atoms with Gasteiger partial charge in [0.25, 0.3) is 0 Å². The molecule has 1 atom stereocenters. The van der Waals surface area contributed by atoms with Gasteiger partial charge in [-0.1, -0.05) is 13.0 Å². The Balaban J connectivity index is 2.41. The molecule has 0 aliphatic rings. The molecule has 0 amide bonds. The quantitative estimate of drug-likeness (QED) is 0.689. The second kappa shape index (κ2) is 9.20. The van der Waals surface area contributed by atoms with E-state index in [0.717, 1.165) is 12.2 Å². The predicted octanol–water partition coefficient (Wildman–Crippen LogP) is 2.31. The molecular formula is C15H23NO4. The van der Waals surface area contributed by atoms with E-state index in [9.17, 15) is 4.79 Å². The highest BCUT2D eigenvalue weighted by Crippen LogP contribution is 2.19. The van der Waals surface area contributed by atoms with Gasteiger partial charge >= 0.3 is 5.97 Å². The number of benzene rings is 1. The molecule has 20 heavy (non-hydrogen) atoms. The summed E-state index contributed by atoms with van der Waals surface area (Å²) in [6.07, 6.45) is 1.33. The van der Waals surface area contributed by atoms with E-state index in [-0.39, 0.29) is 0 Å². The first kappa shape index (κ1) is 16.3. The maximum Gasteiger partial charge on any atom is 0.320 e. The Kier molecular flexibility index (Phi) is 7.50. The molecule has 1 aromatic carbocycles. The molecule has 0 fully saturated rings. The number of nitrogens with one attached hydrogen (secondary N) is 1. The maximum absolute atomic E-state index is 11.0. The van der Waals surface area contributed by atoms with Gasteiger partial charge in [-0.3, -0.25) is 4.79 Å². The topological polar surface area (TPSA) is 67.8 Å². The monoisotopic (exact) mass is 281 g/mol. The number of rotatable bonds is 10. The molecule has 0 aromatic heterocycles. The number of carboxylic acids is 1. The zero-order chi connectivity index (χ0) is 14.8. The average molecular weight is 281 g/mol. The van der Waals surface area contributed by atoms with Crippen LogP contribution in [0.2, 0.25) is 0 Å². The molecule has 0 aliphatic carbocycles. The van der Waals surface area contributed by atoms with E-state index < -0.39 is 12.0 Å². The van der Waals surface area contributed by atoms with Gasteiger partial charge in [0.2, 0.25) is 0 Å². The lowest BCUT2D eigenvalue weighted by Gasteiger charge is -2.14. The van der Waals surface area contributed by atoms with Crippen LogP contribution in [0, 0.1) is 0 Å². The number of hydrogen-bond acceptors (Lipinski definition) is 4. The Morgan fingerprint density at radius 3 is 2.60 bits per heavy atom. The van der Waals surface area contributed by atoms with Crippen LogP contribution in [0.3, 0.4) is 0 Å². The second-order valence-corrected chi connectivity index (χ2v) is 4.39. The summed E-state index contributed by atoms with van der Waals surface area (Å²) in [5.74, 6) is 0.601. The van der Waals surface area contributed by atoms with Crippen molar-refractivity contribution in [2.45, 2.75) is 32.7 Å². The van der Waals surface area contributed by atoms with Crippen molar-refractivity contribution in [3.8, 4) is 11.5 Å². The summed E-state index contributed by atoms with van der Waals surface area (Å²) in [7, 11) is 0. The standard InChI is InChI=1S/C15H23NO4/c1-3-9-16-14(15(17)18)8-10-20-13-7-5-6-12(11-13)19-4-2/h5-7,11,14,16H,3-4,8-10H2,1-2H3,(H,17,18). The van der Waals surface area contributed by atoms with Crippen LogP contribution < -0.4 is 14.8 Å². The molecule has 0 saturated heterocycles. The lowest BCUT2D eigenvalue weighted by molar-refractivity contribution is -0.139. The molecule has 0 heterocycles. The highest BCUT2D eigenvalue weighted by molar-refractivity contribution is 5.73. The fraction of sp³-hybridized carbons (Fsp3) is 0.533. The SMILES string of the molecule is CCCNC(CCOc1cccc(OCC)c1)C(=O)O. The summed E-state index contributed by atoms with van der Waals surface area (Å²) in [5, 5.41) is 12.1. The van der Waals surface area contributed by atoms with Gasteiger partial charge in [0.1, 0.15) is 17.5 Å². The van der Waals surface area contributed by atoms with Gasteiger partial charge < -0.3 is 19.9 Å².